The maximum atomic E-state index is 13.5. The number of nitrogens with zero attached hydrogens (tertiary/aromatic N) is 4. The molecule has 37 heavy (non-hydrogen) atoms. The Morgan fingerprint density at radius 3 is 2.57 bits per heavy atom. The molecular formula is C26H28F3N5O3. The number of anilines is 2. The van der Waals surface area contributed by atoms with Gasteiger partial charge >= 0.3 is 6.18 Å². The highest BCUT2D eigenvalue weighted by Crippen LogP contribution is 2.36. The number of piperazine rings is 1. The van der Waals surface area contributed by atoms with Crippen LogP contribution in [0.2, 0.25) is 0 Å². The van der Waals surface area contributed by atoms with E-state index in [1.165, 1.54) is 12.5 Å². The standard InChI is InChI=1S/C26H28F3N5O3/c27-26(28,29)19-4-5-24(34-10-8-33(9-11-34)15-20-16-37-17-30-20)23(14-19)32-25(35)22-3-1-2-21(31-22)18-6-12-36-13-7-18/h1-5,14,16-18H,6-13,15H2,(H,32,35). The number of oxazole rings is 1. The molecule has 2 fully saturated rings. The van der Waals surface area contributed by atoms with Crippen LogP contribution >= 0.6 is 0 Å². The number of pyridine rings is 1. The SMILES string of the molecule is O=C(Nc1cc(C(F)(F)F)ccc1N1CCN(Cc2cocn2)CC1)c1cccc(C2CCOCC2)n1. The molecule has 0 radical (unpaired) electrons. The van der Waals surface area contributed by atoms with Gasteiger partial charge in [0.2, 0.25) is 0 Å². The average Bonchev–Trinajstić information content (AvgIpc) is 3.42. The molecule has 2 aromatic heterocycles. The van der Waals surface area contributed by atoms with Gasteiger partial charge in [0.25, 0.3) is 5.91 Å². The number of carbonyl (C=O) groups excluding carboxylic acids is 1. The summed E-state index contributed by atoms with van der Waals surface area (Å²) in [6.45, 7) is 4.47. The van der Waals surface area contributed by atoms with Crippen molar-refractivity contribution in [2.45, 2.75) is 31.5 Å². The van der Waals surface area contributed by atoms with Gasteiger partial charge < -0.3 is 19.4 Å². The molecule has 0 atom stereocenters. The maximum Gasteiger partial charge on any atom is 0.416 e. The molecule has 0 bridgehead atoms. The zero-order chi connectivity index (χ0) is 25.8. The van der Waals surface area contributed by atoms with E-state index in [-0.39, 0.29) is 17.3 Å². The van der Waals surface area contributed by atoms with Gasteiger partial charge in [-0.1, -0.05) is 6.07 Å². The first-order valence-corrected chi connectivity index (χ1v) is 12.3. The van der Waals surface area contributed by atoms with E-state index in [0.29, 0.717) is 51.6 Å². The van der Waals surface area contributed by atoms with Crippen molar-refractivity contribution >= 4 is 17.3 Å². The lowest BCUT2D eigenvalue weighted by molar-refractivity contribution is -0.137. The fourth-order valence-electron chi connectivity index (χ4n) is 4.76. The van der Waals surface area contributed by atoms with Crippen molar-refractivity contribution in [1.29, 1.82) is 0 Å². The molecule has 196 valence electrons. The first-order valence-electron chi connectivity index (χ1n) is 12.3. The number of aromatic nitrogens is 2. The molecule has 1 aromatic carbocycles. The highest BCUT2D eigenvalue weighted by Gasteiger charge is 2.32. The lowest BCUT2D eigenvalue weighted by Crippen LogP contribution is -2.46. The second kappa shape index (κ2) is 10.9. The molecule has 5 rings (SSSR count). The van der Waals surface area contributed by atoms with Gasteiger partial charge in [-0.3, -0.25) is 9.69 Å². The molecule has 8 nitrogen and oxygen atoms in total. The van der Waals surface area contributed by atoms with Gasteiger partial charge in [-0.05, 0) is 43.2 Å². The molecule has 2 aliphatic heterocycles. The number of alkyl halides is 3. The topological polar surface area (TPSA) is 83.7 Å². The Balaban J connectivity index is 1.34. The van der Waals surface area contributed by atoms with Crippen LogP contribution in [0.25, 0.3) is 0 Å². The summed E-state index contributed by atoms with van der Waals surface area (Å²) in [6.07, 6.45) is 0.0876. The Bertz CT molecular complexity index is 1200. The van der Waals surface area contributed by atoms with Crippen molar-refractivity contribution in [3.8, 4) is 0 Å². The van der Waals surface area contributed by atoms with Crippen LogP contribution in [-0.2, 0) is 17.5 Å². The van der Waals surface area contributed by atoms with Gasteiger partial charge in [-0.15, -0.1) is 0 Å². The van der Waals surface area contributed by atoms with Gasteiger partial charge in [0.1, 0.15) is 12.0 Å². The summed E-state index contributed by atoms with van der Waals surface area (Å²) >= 11 is 0. The number of halogens is 3. The second-order valence-electron chi connectivity index (χ2n) is 9.26. The zero-order valence-electron chi connectivity index (χ0n) is 20.2. The highest BCUT2D eigenvalue weighted by atomic mass is 19.4. The van der Waals surface area contributed by atoms with Crippen LogP contribution < -0.4 is 10.2 Å². The zero-order valence-corrected chi connectivity index (χ0v) is 20.2. The number of hydrogen-bond donors (Lipinski definition) is 1. The van der Waals surface area contributed by atoms with Gasteiger partial charge in [0, 0.05) is 57.5 Å². The van der Waals surface area contributed by atoms with Crippen molar-refractivity contribution in [3.63, 3.8) is 0 Å². The predicted molar refractivity (Wildman–Crippen MR) is 130 cm³/mol. The monoisotopic (exact) mass is 515 g/mol. The number of ether oxygens (including phenoxy) is 1. The van der Waals surface area contributed by atoms with Crippen LogP contribution in [0.1, 0.15) is 46.2 Å². The van der Waals surface area contributed by atoms with Crippen molar-refractivity contribution in [1.82, 2.24) is 14.9 Å². The summed E-state index contributed by atoms with van der Waals surface area (Å²) < 4.78 is 51.0. The Kier molecular flexibility index (Phi) is 7.43. The number of nitrogens with one attached hydrogen (secondary N) is 1. The molecule has 0 spiro atoms. The summed E-state index contributed by atoms with van der Waals surface area (Å²) in [5.41, 5.74) is 1.63. The fraction of sp³-hybridized carbons (Fsp3) is 0.423. The van der Waals surface area contributed by atoms with Crippen molar-refractivity contribution in [2.75, 3.05) is 49.6 Å². The van der Waals surface area contributed by atoms with E-state index < -0.39 is 17.6 Å². The van der Waals surface area contributed by atoms with E-state index in [9.17, 15) is 18.0 Å². The summed E-state index contributed by atoms with van der Waals surface area (Å²) in [5, 5.41) is 2.71. The molecule has 4 heterocycles. The molecule has 3 aromatic rings. The smallest absolute Gasteiger partial charge is 0.416 e. The van der Waals surface area contributed by atoms with Crippen molar-refractivity contribution < 1.29 is 27.1 Å². The number of hydrogen-bond acceptors (Lipinski definition) is 7. The van der Waals surface area contributed by atoms with Crippen LogP contribution in [-0.4, -0.2) is 60.2 Å². The van der Waals surface area contributed by atoms with E-state index in [4.69, 9.17) is 9.15 Å². The van der Waals surface area contributed by atoms with E-state index in [0.717, 1.165) is 36.4 Å². The first kappa shape index (κ1) is 25.2. The Morgan fingerprint density at radius 2 is 1.86 bits per heavy atom. The van der Waals surface area contributed by atoms with Crippen LogP contribution in [0.5, 0.6) is 0 Å². The summed E-state index contributed by atoms with van der Waals surface area (Å²) in [6, 6.07) is 8.69. The van der Waals surface area contributed by atoms with Crippen LogP contribution in [0, 0.1) is 0 Å². The average molecular weight is 516 g/mol. The Labute approximate surface area is 212 Å². The molecule has 11 heteroatoms. The van der Waals surface area contributed by atoms with Gasteiger partial charge in [0.05, 0.1) is 22.6 Å². The number of carbonyl (C=O) groups is 1. The minimum absolute atomic E-state index is 0.114. The number of amides is 1. The van der Waals surface area contributed by atoms with E-state index in [1.54, 1.807) is 18.4 Å². The minimum atomic E-state index is -4.53. The first-order chi connectivity index (χ1) is 17.9. The number of rotatable bonds is 6. The van der Waals surface area contributed by atoms with E-state index in [2.05, 4.69) is 20.2 Å². The van der Waals surface area contributed by atoms with Crippen molar-refractivity contribution in [2.24, 2.45) is 0 Å². The van der Waals surface area contributed by atoms with E-state index >= 15 is 0 Å². The third kappa shape index (κ3) is 6.11. The third-order valence-electron chi connectivity index (χ3n) is 6.80. The van der Waals surface area contributed by atoms with Gasteiger partial charge in [-0.25, -0.2) is 9.97 Å². The van der Waals surface area contributed by atoms with Gasteiger partial charge in [-0.2, -0.15) is 13.2 Å². The fourth-order valence-corrected chi connectivity index (χ4v) is 4.76. The molecule has 2 saturated heterocycles. The molecule has 0 aliphatic carbocycles. The molecule has 1 N–H and O–H groups in total. The highest BCUT2D eigenvalue weighted by molar-refractivity contribution is 6.04. The van der Waals surface area contributed by atoms with Crippen LogP contribution in [0.4, 0.5) is 24.5 Å². The minimum Gasteiger partial charge on any atom is -0.451 e. The quantitative estimate of drug-likeness (QED) is 0.516. The lowest BCUT2D eigenvalue weighted by atomic mass is 9.96. The molecule has 1 amide bonds. The molecule has 2 aliphatic rings. The normalized spacial score (nSPS) is 17.6. The lowest BCUT2D eigenvalue weighted by Gasteiger charge is -2.36. The Hall–Kier alpha value is -3.44. The molecule has 0 saturated carbocycles. The van der Waals surface area contributed by atoms with Crippen LogP contribution in [0.3, 0.4) is 0 Å². The summed E-state index contributed by atoms with van der Waals surface area (Å²) in [7, 11) is 0. The van der Waals surface area contributed by atoms with E-state index in [1.807, 2.05) is 11.0 Å². The Morgan fingerprint density at radius 1 is 1.08 bits per heavy atom. The van der Waals surface area contributed by atoms with Gasteiger partial charge in [0.15, 0.2) is 6.39 Å². The summed E-state index contributed by atoms with van der Waals surface area (Å²) in [5.74, 6) is -0.349. The molecule has 0 unspecified atom stereocenters. The summed E-state index contributed by atoms with van der Waals surface area (Å²) in [4.78, 5) is 26.0. The van der Waals surface area contributed by atoms with Crippen LogP contribution in [0.15, 0.2) is 53.5 Å². The predicted octanol–water partition coefficient (Wildman–Crippen LogP) is 4.56. The largest absolute Gasteiger partial charge is 0.451 e. The second-order valence-corrected chi connectivity index (χ2v) is 9.26. The maximum absolute atomic E-state index is 13.5. The van der Waals surface area contributed by atoms with Crippen molar-refractivity contribution in [3.05, 3.63) is 71.7 Å². The third-order valence-corrected chi connectivity index (χ3v) is 6.80. The number of benzene rings is 1. The molecular weight excluding hydrogens is 487 g/mol.